The van der Waals surface area contributed by atoms with Crippen molar-refractivity contribution in [1.82, 2.24) is 10.2 Å². The van der Waals surface area contributed by atoms with Gasteiger partial charge in [0.05, 0.1) is 11.1 Å². The minimum Gasteiger partial charge on any atom is -0.380 e. The van der Waals surface area contributed by atoms with Crippen LogP contribution < -0.4 is 16.0 Å². The average molecular weight is 456 g/mol. The van der Waals surface area contributed by atoms with E-state index in [2.05, 4.69) is 16.0 Å². The van der Waals surface area contributed by atoms with Crippen molar-refractivity contribution in [3.63, 3.8) is 0 Å². The number of rotatable bonds is 6. The summed E-state index contributed by atoms with van der Waals surface area (Å²) in [5.41, 5.74) is 1.05. The number of nitrogens with one attached hydrogen (secondary N) is 3. The molecule has 2 amide bonds. The number of hydrogen-bond acceptors (Lipinski definition) is 4. The molecule has 172 valence electrons. The van der Waals surface area contributed by atoms with E-state index in [0.717, 1.165) is 29.9 Å². The number of anilines is 2. The van der Waals surface area contributed by atoms with Crippen molar-refractivity contribution >= 4 is 23.2 Å². The monoisotopic (exact) mass is 456 g/mol. The number of benzene rings is 2. The van der Waals surface area contributed by atoms with Crippen LogP contribution in [0.5, 0.6) is 0 Å². The highest BCUT2D eigenvalue weighted by molar-refractivity contribution is 6.08. The first kappa shape index (κ1) is 22.4. The Hall–Kier alpha value is -3.75. The smallest absolute Gasteiger partial charge is 0.380 e. The SMILES string of the molecule is O=C(Nc1cccc(C(F)(F)F)c1)c1ccccc1NCC1=CCNC(N2CCCC2=O)=C1. The Morgan fingerprint density at radius 3 is 2.70 bits per heavy atom. The quantitative estimate of drug-likeness (QED) is 0.604. The fourth-order valence-electron chi connectivity index (χ4n) is 3.78. The van der Waals surface area contributed by atoms with Crippen LogP contribution in [0.1, 0.15) is 28.8 Å². The average Bonchev–Trinajstić information content (AvgIpc) is 3.23. The molecule has 1 fully saturated rings. The van der Waals surface area contributed by atoms with Crippen LogP contribution in [-0.4, -0.2) is 36.3 Å². The Bertz CT molecular complexity index is 1120. The van der Waals surface area contributed by atoms with E-state index < -0.39 is 17.6 Å². The molecule has 2 aliphatic rings. The Morgan fingerprint density at radius 2 is 1.94 bits per heavy atom. The van der Waals surface area contributed by atoms with Gasteiger partial charge in [0.1, 0.15) is 5.82 Å². The summed E-state index contributed by atoms with van der Waals surface area (Å²) >= 11 is 0. The van der Waals surface area contributed by atoms with Gasteiger partial charge in [0.15, 0.2) is 0 Å². The van der Waals surface area contributed by atoms with Crippen LogP contribution in [0.15, 0.2) is 72.1 Å². The van der Waals surface area contributed by atoms with Crippen molar-refractivity contribution in [2.45, 2.75) is 19.0 Å². The Labute approximate surface area is 189 Å². The molecule has 0 spiro atoms. The Kier molecular flexibility index (Phi) is 6.39. The maximum Gasteiger partial charge on any atom is 0.416 e. The third-order valence-corrected chi connectivity index (χ3v) is 5.44. The van der Waals surface area contributed by atoms with Crippen LogP contribution in [0, 0.1) is 0 Å². The van der Waals surface area contributed by atoms with E-state index in [-0.39, 0.29) is 11.6 Å². The summed E-state index contributed by atoms with van der Waals surface area (Å²) in [7, 11) is 0. The highest BCUT2D eigenvalue weighted by Crippen LogP contribution is 2.31. The molecule has 0 bridgehead atoms. The highest BCUT2D eigenvalue weighted by atomic mass is 19.4. The standard InChI is InChI=1S/C24H23F3N4O2/c25-24(26,27)17-5-3-6-18(14-17)30-23(33)19-7-1-2-8-20(19)29-15-16-10-11-28-21(13-16)31-12-4-9-22(31)32/h1-3,5-8,10,13-14,28-29H,4,9,11-12,15H2,(H,30,33). The van der Waals surface area contributed by atoms with E-state index >= 15 is 0 Å². The van der Waals surface area contributed by atoms with Crippen LogP contribution in [0.3, 0.4) is 0 Å². The molecule has 2 aromatic rings. The molecule has 0 atom stereocenters. The third-order valence-electron chi connectivity index (χ3n) is 5.44. The lowest BCUT2D eigenvalue weighted by Crippen LogP contribution is -2.34. The molecule has 3 N–H and O–H groups in total. The van der Waals surface area contributed by atoms with Gasteiger partial charge in [-0.05, 0) is 48.4 Å². The molecular formula is C24H23F3N4O2. The van der Waals surface area contributed by atoms with Crippen molar-refractivity contribution in [3.8, 4) is 0 Å². The van der Waals surface area contributed by atoms with Gasteiger partial charge in [-0.2, -0.15) is 13.2 Å². The first-order chi connectivity index (χ1) is 15.8. The number of halogens is 3. The van der Waals surface area contributed by atoms with Gasteiger partial charge in [-0.1, -0.05) is 24.3 Å². The van der Waals surface area contributed by atoms with Gasteiger partial charge in [0.25, 0.3) is 5.91 Å². The normalized spacial score (nSPS) is 16.1. The Morgan fingerprint density at radius 1 is 1.12 bits per heavy atom. The lowest BCUT2D eigenvalue weighted by atomic mass is 10.1. The number of likely N-dealkylation sites (tertiary alicyclic amines) is 1. The second-order valence-electron chi connectivity index (χ2n) is 7.77. The summed E-state index contributed by atoms with van der Waals surface area (Å²) in [4.78, 5) is 26.5. The number of amides is 2. The summed E-state index contributed by atoms with van der Waals surface area (Å²) in [6, 6.07) is 11.3. The zero-order chi connectivity index (χ0) is 23.4. The van der Waals surface area contributed by atoms with Crippen molar-refractivity contribution in [2.24, 2.45) is 0 Å². The Balaban J connectivity index is 1.45. The van der Waals surface area contributed by atoms with Gasteiger partial charge < -0.3 is 16.0 Å². The van der Waals surface area contributed by atoms with E-state index in [1.54, 1.807) is 29.2 Å². The van der Waals surface area contributed by atoms with E-state index in [9.17, 15) is 22.8 Å². The molecular weight excluding hydrogens is 433 g/mol. The summed E-state index contributed by atoms with van der Waals surface area (Å²) in [6.07, 6.45) is 0.788. The minimum absolute atomic E-state index is 0.0635. The van der Waals surface area contributed by atoms with Crippen LogP contribution in [0.4, 0.5) is 24.5 Å². The predicted molar refractivity (Wildman–Crippen MR) is 119 cm³/mol. The number of para-hydroxylation sites is 1. The molecule has 2 heterocycles. The third kappa shape index (κ3) is 5.36. The molecule has 0 aliphatic carbocycles. The minimum atomic E-state index is -4.49. The van der Waals surface area contributed by atoms with Gasteiger partial charge in [-0.25, -0.2) is 0 Å². The molecule has 0 aromatic heterocycles. The number of carbonyl (C=O) groups is 2. The molecule has 6 nitrogen and oxygen atoms in total. The molecule has 1 saturated heterocycles. The lowest BCUT2D eigenvalue weighted by molar-refractivity contribution is -0.137. The number of hydrogen-bond donors (Lipinski definition) is 3. The molecule has 2 aliphatic heterocycles. The zero-order valence-corrected chi connectivity index (χ0v) is 17.7. The van der Waals surface area contributed by atoms with Gasteiger partial charge in [-0.15, -0.1) is 0 Å². The van der Waals surface area contributed by atoms with Crippen molar-refractivity contribution in [1.29, 1.82) is 0 Å². The van der Waals surface area contributed by atoms with Crippen LogP contribution in [0.25, 0.3) is 0 Å². The summed E-state index contributed by atoms with van der Waals surface area (Å²) in [6.45, 7) is 1.70. The van der Waals surface area contributed by atoms with Gasteiger partial charge in [0, 0.05) is 37.4 Å². The predicted octanol–water partition coefficient (Wildman–Crippen LogP) is 4.36. The molecule has 4 rings (SSSR count). The molecule has 0 unspecified atom stereocenters. The van der Waals surface area contributed by atoms with Crippen molar-refractivity contribution in [3.05, 3.63) is 83.2 Å². The molecule has 2 aromatic carbocycles. The van der Waals surface area contributed by atoms with Gasteiger partial charge in [-0.3, -0.25) is 14.5 Å². The first-order valence-corrected chi connectivity index (χ1v) is 10.6. The van der Waals surface area contributed by atoms with Gasteiger partial charge >= 0.3 is 6.18 Å². The zero-order valence-electron chi connectivity index (χ0n) is 17.7. The second-order valence-corrected chi connectivity index (χ2v) is 7.77. The van der Waals surface area contributed by atoms with Crippen LogP contribution >= 0.6 is 0 Å². The van der Waals surface area contributed by atoms with Crippen LogP contribution in [0.2, 0.25) is 0 Å². The highest BCUT2D eigenvalue weighted by Gasteiger charge is 2.30. The maximum absolute atomic E-state index is 13.0. The maximum atomic E-state index is 13.0. The van der Waals surface area contributed by atoms with E-state index in [0.29, 0.717) is 37.3 Å². The lowest BCUT2D eigenvalue weighted by Gasteiger charge is -2.24. The van der Waals surface area contributed by atoms with Crippen molar-refractivity contribution in [2.75, 3.05) is 30.3 Å². The number of carbonyl (C=O) groups excluding carboxylic acids is 2. The second kappa shape index (κ2) is 9.40. The summed E-state index contributed by atoms with van der Waals surface area (Å²) in [5, 5.41) is 8.97. The fourth-order valence-corrected chi connectivity index (χ4v) is 3.78. The molecule has 0 saturated carbocycles. The van der Waals surface area contributed by atoms with E-state index in [1.165, 1.54) is 12.1 Å². The summed E-state index contributed by atoms with van der Waals surface area (Å²) < 4.78 is 38.9. The largest absolute Gasteiger partial charge is 0.416 e. The fraction of sp³-hybridized carbons (Fsp3) is 0.250. The molecule has 0 radical (unpaired) electrons. The van der Waals surface area contributed by atoms with Gasteiger partial charge in [0.2, 0.25) is 5.91 Å². The topological polar surface area (TPSA) is 73.5 Å². The number of alkyl halides is 3. The van der Waals surface area contributed by atoms with Crippen molar-refractivity contribution < 1.29 is 22.8 Å². The number of nitrogens with zero attached hydrogens (tertiary/aromatic N) is 1. The van der Waals surface area contributed by atoms with E-state index in [1.807, 2.05) is 12.2 Å². The molecule has 33 heavy (non-hydrogen) atoms. The first-order valence-electron chi connectivity index (χ1n) is 10.6. The summed E-state index contributed by atoms with van der Waals surface area (Å²) in [5.74, 6) is 0.350. The van der Waals surface area contributed by atoms with E-state index in [4.69, 9.17) is 0 Å². The molecule has 9 heteroatoms. The number of dihydropyridines is 1. The van der Waals surface area contributed by atoms with Crippen LogP contribution in [-0.2, 0) is 11.0 Å².